The molecule has 2 heterocycles. The van der Waals surface area contributed by atoms with Crippen LogP contribution in [-0.2, 0) is 20.9 Å². The highest BCUT2D eigenvalue weighted by atomic mass is 32.1. The summed E-state index contributed by atoms with van der Waals surface area (Å²) in [4.78, 5) is 29.1. The summed E-state index contributed by atoms with van der Waals surface area (Å²) in [6.07, 6.45) is 0. The van der Waals surface area contributed by atoms with Crippen LogP contribution in [0.4, 0.5) is 0 Å². The van der Waals surface area contributed by atoms with Crippen molar-refractivity contribution < 1.29 is 28.5 Å². The van der Waals surface area contributed by atoms with Gasteiger partial charge in [0.2, 0.25) is 0 Å². The van der Waals surface area contributed by atoms with Gasteiger partial charge in [0.1, 0.15) is 25.5 Å². The lowest BCUT2D eigenvalue weighted by Gasteiger charge is -2.18. The first-order valence-corrected chi connectivity index (χ1v) is 10.3. The molecule has 9 heteroatoms. The molecule has 8 nitrogen and oxygen atoms in total. The number of rotatable bonds is 6. The summed E-state index contributed by atoms with van der Waals surface area (Å²) in [6.45, 7) is 2.65. The third kappa shape index (κ3) is 4.46. The van der Waals surface area contributed by atoms with Gasteiger partial charge < -0.3 is 23.5 Å². The number of ether oxygens (including phenoxy) is 4. The van der Waals surface area contributed by atoms with Gasteiger partial charge in [-0.05, 0) is 19.1 Å². The van der Waals surface area contributed by atoms with Gasteiger partial charge in [0.15, 0.2) is 22.9 Å². The molecule has 0 bridgehead atoms. The molecule has 0 fully saturated rings. The van der Waals surface area contributed by atoms with E-state index in [2.05, 4.69) is 4.99 Å². The van der Waals surface area contributed by atoms with Gasteiger partial charge >= 0.3 is 5.97 Å². The van der Waals surface area contributed by atoms with Gasteiger partial charge in [0.05, 0.1) is 16.8 Å². The average Bonchev–Trinajstić information content (AvgIpc) is 3.07. The molecule has 0 N–H and O–H groups in total. The van der Waals surface area contributed by atoms with Crippen molar-refractivity contribution in [1.82, 2.24) is 4.57 Å². The van der Waals surface area contributed by atoms with E-state index in [-0.39, 0.29) is 19.8 Å². The van der Waals surface area contributed by atoms with E-state index in [4.69, 9.17) is 18.9 Å². The fourth-order valence-electron chi connectivity index (χ4n) is 2.98. The summed E-state index contributed by atoms with van der Waals surface area (Å²) in [5, 5.41) is 0. The first kappa shape index (κ1) is 20.0. The number of para-hydroxylation sites is 1. The summed E-state index contributed by atoms with van der Waals surface area (Å²) in [5.74, 6) is 0.929. The second-order valence-corrected chi connectivity index (χ2v) is 7.36. The maximum Gasteiger partial charge on any atom is 0.326 e. The molecule has 3 aromatic rings. The number of benzene rings is 2. The van der Waals surface area contributed by atoms with E-state index in [1.54, 1.807) is 29.7 Å². The number of amides is 1. The Kier molecular flexibility index (Phi) is 5.99. The summed E-state index contributed by atoms with van der Waals surface area (Å²) in [7, 11) is 0. The SMILES string of the molecule is CCOC(=O)Cn1c(=NC(=O)COc2ccccc2)sc2cc3c(cc21)OCCO3. The third-order valence-corrected chi connectivity index (χ3v) is 5.31. The number of hydrogen-bond donors (Lipinski definition) is 0. The highest BCUT2D eigenvalue weighted by Gasteiger charge is 2.18. The molecular weight excluding hydrogens is 408 g/mol. The van der Waals surface area contributed by atoms with Crippen LogP contribution in [-0.4, -0.2) is 42.9 Å². The molecule has 1 aliphatic rings. The number of carbonyl (C=O) groups is 2. The Balaban J connectivity index is 1.68. The molecule has 0 aliphatic carbocycles. The van der Waals surface area contributed by atoms with Crippen LogP contribution in [0.25, 0.3) is 10.2 Å². The van der Waals surface area contributed by atoms with E-state index < -0.39 is 11.9 Å². The first-order chi connectivity index (χ1) is 14.6. The molecule has 4 rings (SSSR count). The average molecular weight is 428 g/mol. The lowest BCUT2D eigenvalue weighted by molar-refractivity contribution is -0.143. The van der Waals surface area contributed by atoms with E-state index in [1.165, 1.54) is 11.3 Å². The van der Waals surface area contributed by atoms with Crippen molar-refractivity contribution in [3.63, 3.8) is 0 Å². The molecule has 156 valence electrons. The molecule has 1 amide bonds. The molecular formula is C21H20N2O6S. The number of esters is 1. The van der Waals surface area contributed by atoms with Crippen molar-refractivity contribution in [2.75, 3.05) is 26.4 Å². The van der Waals surface area contributed by atoms with Crippen LogP contribution in [0.2, 0.25) is 0 Å². The lowest BCUT2D eigenvalue weighted by atomic mass is 10.2. The van der Waals surface area contributed by atoms with Gasteiger partial charge in [0.25, 0.3) is 5.91 Å². The Morgan fingerprint density at radius 3 is 2.60 bits per heavy atom. The molecule has 0 atom stereocenters. The minimum atomic E-state index is -0.458. The fraction of sp³-hybridized carbons (Fsp3) is 0.286. The zero-order valence-corrected chi connectivity index (χ0v) is 17.1. The van der Waals surface area contributed by atoms with Gasteiger partial charge in [-0.25, -0.2) is 0 Å². The number of aromatic nitrogens is 1. The van der Waals surface area contributed by atoms with Crippen LogP contribution < -0.4 is 19.0 Å². The number of fused-ring (bicyclic) bond motifs is 2. The smallest absolute Gasteiger partial charge is 0.326 e. The monoisotopic (exact) mass is 428 g/mol. The largest absolute Gasteiger partial charge is 0.486 e. The quantitative estimate of drug-likeness (QED) is 0.561. The Morgan fingerprint density at radius 1 is 1.13 bits per heavy atom. The van der Waals surface area contributed by atoms with Crippen molar-refractivity contribution in [2.45, 2.75) is 13.5 Å². The predicted molar refractivity (Wildman–Crippen MR) is 110 cm³/mol. The van der Waals surface area contributed by atoms with Crippen LogP contribution in [0, 0.1) is 0 Å². The van der Waals surface area contributed by atoms with Gasteiger partial charge in [-0.2, -0.15) is 4.99 Å². The zero-order chi connectivity index (χ0) is 20.9. The Labute approximate surface area is 176 Å². The maximum absolute atomic E-state index is 12.4. The Hall–Kier alpha value is -3.33. The van der Waals surface area contributed by atoms with Gasteiger partial charge in [-0.15, -0.1) is 0 Å². The second-order valence-electron chi connectivity index (χ2n) is 6.35. The van der Waals surface area contributed by atoms with E-state index in [9.17, 15) is 9.59 Å². The lowest BCUT2D eigenvalue weighted by Crippen LogP contribution is -2.24. The normalized spacial score (nSPS) is 13.3. The molecule has 1 aliphatic heterocycles. The van der Waals surface area contributed by atoms with Gasteiger partial charge in [0, 0.05) is 12.1 Å². The fourth-order valence-corrected chi connectivity index (χ4v) is 4.04. The van der Waals surface area contributed by atoms with Crippen molar-refractivity contribution in [3.8, 4) is 17.2 Å². The van der Waals surface area contributed by atoms with Gasteiger partial charge in [-0.1, -0.05) is 29.5 Å². The predicted octanol–water partition coefficient (Wildman–Crippen LogP) is 2.54. The summed E-state index contributed by atoms with van der Waals surface area (Å²) in [5.41, 5.74) is 0.716. The summed E-state index contributed by atoms with van der Waals surface area (Å²) < 4.78 is 24.3. The van der Waals surface area contributed by atoms with Gasteiger partial charge in [-0.3, -0.25) is 9.59 Å². The van der Waals surface area contributed by atoms with Crippen LogP contribution in [0.15, 0.2) is 47.5 Å². The highest BCUT2D eigenvalue weighted by molar-refractivity contribution is 7.16. The van der Waals surface area contributed by atoms with Crippen LogP contribution in [0.5, 0.6) is 17.2 Å². The highest BCUT2D eigenvalue weighted by Crippen LogP contribution is 2.35. The second kappa shape index (κ2) is 9.00. The van der Waals surface area contributed by atoms with Crippen molar-refractivity contribution in [1.29, 1.82) is 0 Å². The minimum Gasteiger partial charge on any atom is -0.486 e. The number of nitrogens with zero attached hydrogens (tertiary/aromatic N) is 2. The van der Waals surface area contributed by atoms with E-state index in [0.29, 0.717) is 40.8 Å². The Bertz CT molecular complexity index is 1140. The van der Waals surface area contributed by atoms with Crippen molar-refractivity contribution >= 4 is 33.4 Å². The standard InChI is InChI=1S/C21H20N2O6S/c1-2-26-20(25)12-23-15-10-16-17(28-9-8-27-16)11-18(15)30-21(23)22-19(24)13-29-14-6-4-3-5-7-14/h3-7,10-11H,2,8-9,12-13H2,1H3. The summed E-state index contributed by atoms with van der Waals surface area (Å²) >= 11 is 1.28. The summed E-state index contributed by atoms with van der Waals surface area (Å²) in [6, 6.07) is 12.7. The van der Waals surface area contributed by atoms with E-state index >= 15 is 0 Å². The number of thiazole rings is 1. The van der Waals surface area contributed by atoms with Crippen molar-refractivity contribution in [3.05, 3.63) is 47.3 Å². The molecule has 1 aromatic heterocycles. The third-order valence-electron chi connectivity index (χ3n) is 4.27. The zero-order valence-electron chi connectivity index (χ0n) is 16.3. The van der Waals surface area contributed by atoms with E-state index in [0.717, 1.165) is 4.70 Å². The molecule has 0 spiro atoms. The topological polar surface area (TPSA) is 88.4 Å². The molecule has 0 saturated heterocycles. The first-order valence-electron chi connectivity index (χ1n) is 9.48. The molecule has 0 radical (unpaired) electrons. The Morgan fingerprint density at radius 2 is 1.87 bits per heavy atom. The molecule has 2 aromatic carbocycles. The molecule has 0 unspecified atom stereocenters. The van der Waals surface area contributed by atoms with E-state index in [1.807, 2.05) is 24.3 Å². The maximum atomic E-state index is 12.4. The van der Waals surface area contributed by atoms with Crippen LogP contribution in [0.1, 0.15) is 6.92 Å². The van der Waals surface area contributed by atoms with Crippen LogP contribution >= 0.6 is 11.3 Å². The number of carbonyl (C=O) groups excluding carboxylic acids is 2. The van der Waals surface area contributed by atoms with Crippen molar-refractivity contribution in [2.24, 2.45) is 4.99 Å². The minimum absolute atomic E-state index is 0.0703. The number of hydrogen-bond acceptors (Lipinski definition) is 7. The molecule has 0 saturated carbocycles. The molecule has 30 heavy (non-hydrogen) atoms. The van der Waals surface area contributed by atoms with Crippen LogP contribution in [0.3, 0.4) is 0 Å².